The van der Waals surface area contributed by atoms with Gasteiger partial charge in [0.2, 0.25) is 5.95 Å². The van der Waals surface area contributed by atoms with Crippen LogP contribution in [0.2, 0.25) is 0 Å². The largest absolute Gasteiger partial charge is 0.329 e. The van der Waals surface area contributed by atoms with E-state index < -0.39 is 0 Å². The van der Waals surface area contributed by atoms with Crippen molar-refractivity contribution in [2.24, 2.45) is 0 Å². The Labute approximate surface area is 134 Å². The van der Waals surface area contributed by atoms with Crippen LogP contribution in [0.1, 0.15) is 25.5 Å². The summed E-state index contributed by atoms with van der Waals surface area (Å²) in [6, 6.07) is 18.0. The number of imidazole rings is 1. The molecule has 1 N–H and O–H groups in total. The van der Waals surface area contributed by atoms with E-state index in [1.54, 1.807) is 6.92 Å². The molecule has 1 aliphatic heterocycles. The van der Waals surface area contributed by atoms with Gasteiger partial charge in [-0.1, -0.05) is 42.5 Å². The minimum atomic E-state index is -0.155. The van der Waals surface area contributed by atoms with Crippen LogP contribution in [0.3, 0.4) is 0 Å². The van der Waals surface area contributed by atoms with Crippen LogP contribution in [-0.4, -0.2) is 15.3 Å². The Balaban J connectivity index is 2.05. The molecule has 23 heavy (non-hydrogen) atoms. The van der Waals surface area contributed by atoms with Gasteiger partial charge in [-0.05, 0) is 31.5 Å². The van der Waals surface area contributed by atoms with Gasteiger partial charge >= 0.3 is 0 Å². The number of nitrogens with one attached hydrogen (secondary N) is 1. The Morgan fingerprint density at radius 2 is 1.78 bits per heavy atom. The van der Waals surface area contributed by atoms with Crippen molar-refractivity contribution < 1.29 is 4.79 Å². The van der Waals surface area contributed by atoms with Gasteiger partial charge in [0.25, 0.3) is 0 Å². The van der Waals surface area contributed by atoms with E-state index in [1.165, 1.54) is 0 Å². The van der Waals surface area contributed by atoms with Crippen molar-refractivity contribution in [3.63, 3.8) is 0 Å². The number of aromatic nitrogens is 2. The maximum absolute atomic E-state index is 12.3. The van der Waals surface area contributed by atoms with E-state index in [1.807, 2.05) is 49.4 Å². The first-order chi connectivity index (χ1) is 11.2. The predicted octanol–water partition coefficient (Wildman–Crippen LogP) is 3.91. The van der Waals surface area contributed by atoms with Crippen LogP contribution in [-0.2, 0) is 4.79 Å². The Bertz CT molecular complexity index is 938. The van der Waals surface area contributed by atoms with Gasteiger partial charge in [0.05, 0.1) is 17.1 Å². The second-order valence-corrected chi connectivity index (χ2v) is 5.83. The molecule has 1 aromatic heterocycles. The summed E-state index contributed by atoms with van der Waals surface area (Å²) in [5, 5.41) is 3.29. The fourth-order valence-electron chi connectivity index (χ4n) is 3.37. The zero-order chi connectivity index (χ0) is 16.0. The third-order valence-electron chi connectivity index (χ3n) is 4.33. The number of para-hydroxylation sites is 2. The lowest BCUT2D eigenvalue weighted by molar-refractivity contribution is -0.114. The fourth-order valence-corrected chi connectivity index (χ4v) is 3.37. The Morgan fingerprint density at radius 3 is 2.52 bits per heavy atom. The van der Waals surface area contributed by atoms with Crippen LogP contribution in [0.25, 0.3) is 11.0 Å². The average Bonchev–Trinajstić information content (AvgIpc) is 2.91. The van der Waals surface area contributed by atoms with Crippen LogP contribution < -0.4 is 5.32 Å². The lowest BCUT2D eigenvalue weighted by Gasteiger charge is -2.30. The molecule has 0 bridgehead atoms. The third kappa shape index (κ3) is 2.06. The molecule has 2 heterocycles. The summed E-state index contributed by atoms with van der Waals surface area (Å²) >= 11 is 0. The lowest BCUT2D eigenvalue weighted by Crippen LogP contribution is -2.26. The van der Waals surface area contributed by atoms with Crippen LogP contribution in [0.4, 0.5) is 5.95 Å². The Hall–Kier alpha value is -2.88. The van der Waals surface area contributed by atoms with Crippen LogP contribution in [0, 0.1) is 0 Å². The van der Waals surface area contributed by atoms with E-state index >= 15 is 0 Å². The summed E-state index contributed by atoms with van der Waals surface area (Å²) in [5.41, 5.74) is 4.69. The van der Waals surface area contributed by atoms with Crippen molar-refractivity contribution in [1.29, 1.82) is 0 Å². The van der Waals surface area contributed by atoms with Gasteiger partial charge in [-0.15, -0.1) is 0 Å². The standard InChI is InChI=1S/C19H17N3O/c1-12-17(13(2)23)18(14-8-4-3-5-9-14)22-16-11-7-6-10-15(16)21-19(22)20-12/h3-11,18H,1-2H3,(H,20,21)/t18-/m1/s1. The van der Waals surface area contributed by atoms with Crippen molar-refractivity contribution in [2.45, 2.75) is 19.9 Å². The van der Waals surface area contributed by atoms with Gasteiger partial charge in [-0.25, -0.2) is 4.98 Å². The predicted molar refractivity (Wildman–Crippen MR) is 91.3 cm³/mol. The van der Waals surface area contributed by atoms with E-state index in [0.29, 0.717) is 0 Å². The van der Waals surface area contributed by atoms with Crippen molar-refractivity contribution in [3.05, 3.63) is 71.4 Å². The van der Waals surface area contributed by atoms with Crippen molar-refractivity contribution in [3.8, 4) is 0 Å². The maximum Gasteiger partial charge on any atom is 0.209 e. The Kier molecular flexibility index (Phi) is 3.05. The number of ketones is 1. The second kappa shape index (κ2) is 5.09. The number of anilines is 1. The molecule has 4 nitrogen and oxygen atoms in total. The number of fused-ring (bicyclic) bond motifs is 3. The third-order valence-corrected chi connectivity index (χ3v) is 4.33. The van der Waals surface area contributed by atoms with E-state index in [2.05, 4.69) is 27.0 Å². The molecule has 0 saturated carbocycles. The molecule has 0 fully saturated rings. The molecule has 4 heteroatoms. The molecule has 1 atom stereocenters. The highest BCUT2D eigenvalue weighted by atomic mass is 16.1. The highest BCUT2D eigenvalue weighted by molar-refractivity contribution is 5.97. The number of hydrogen-bond donors (Lipinski definition) is 1. The molecule has 0 saturated heterocycles. The number of rotatable bonds is 2. The molecular formula is C19H17N3O. The molecule has 1 aliphatic rings. The first-order valence-corrected chi connectivity index (χ1v) is 7.67. The topological polar surface area (TPSA) is 46.9 Å². The van der Waals surface area contributed by atoms with Gasteiger partial charge in [0.1, 0.15) is 0 Å². The summed E-state index contributed by atoms with van der Waals surface area (Å²) in [6.07, 6.45) is 0. The fraction of sp³-hybridized carbons (Fsp3) is 0.158. The molecule has 4 rings (SSSR count). The van der Waals surface area contributed by atoms with Crippen molar-refractivity contribution in [1.82, 2.24) is 9.55 Å². The normalized spacial score (nSPS) is 17.0. The minimum absolute atomic E-state index is 0.0762. The number of carbonyl (C=O) groups is 1. The zero-order valence-corrected chi connectivity index (χ0v) is 13.1. The second-order valence-electron chi connectivity index (χ2n) is 5.83. The first-order valence-electron chi connectivity index (χ1n) is 7.67. The quantitative estimate of drug-likeness (QED) is 0.780. The minimum Gasteiger partial charge on any atom is -0.329 e. The van der Waals surface area contributed by atoms with Crippen molar-refractivity contribution >= 4 is 22.8 Å². The van der Waals surface area contributed by atoms with Gasteiger partial charge in [-0.3, -0.25) is 9.36 Å². The number of Topliss-reactive ketones (excluding diaryl/α,β-unsaturated/α-hetero) is 1. The van der Waals surface area contributed by atoms with Gasteiger partial charge in [0.15, 0.2) is 5.78 Å². The number of hydrogen-bond acceptors (Lipinski definition) is 3. The van der Waals surface area contributed by atoms with E-state index in [4.69, 9.17) is 0 Å². The molecule has 2 aromatic carbocycles. The molecule has 0 aliphatic carbocycles. The molecule has 0 amide bonds. The van der Waals surface area contributed by atoms with Gasteiger partial charge < -0.3 is 5.32 Å². The molecule has 114 valence electrons. The molecular weight excluding hydrogens is 286 g/mol. The van der Waals surface area contributed by atoms with Crippen LogP contribution in [0.15, 0.2) is 65.9 Å². The summed E-state index contributed by atoms with van der Waals surface area (Å²) < 4.78 is 2.12. The SMILES string of the molecule is CC(=O)C1=C(C)Nc2nc3ccccc3n2[C@@H]1c1ccccc1. The Morgan fingerprint density at radius 1 is 1.09 bits per heavy atom. The average molecular weight is 303 g/mol. The van der Waals surface area contributed by atoms with E-state index in [-0.39, 0.29) is 11.8 Å². The summed E-state index contributed by atoms with van der Waals surface area (Å²) in [7, 11) is 0. The maximum atomic E-state index is 12.3. The number of allylic oxidation sites excluding steroid dienone is 2. The van der Waals surface area contributed by atoms with Crippen LogP contribution in [0.5, 0.6) is 0 Å². The van der Waals surface area contributed by atoms with E-state index in [0.717, 1.165) is 33.8 Å². The number of nitrogens with zero attached hydrogens (tertiary/aromatic N) is 2. The number of benzene rings is 2. The highest BCUT2D eigenvalue weighted by Crippen LogP contribution is 2.39. The number of carbonyl (C=O) groups excluding carboxylic acids is 1. The molecule has 0 unspecified atom stereocenters. The summed E-state index contributed by atoms with van der Waals surface area (Å²) in [4.78, 5) is 17.0. The molecule has 3 aromatic rings. The van der Waals surface area contributed by atoms with Crippen molar-refractivity contribution in [2.75, 3.05) is 5.32 Å². The highest BCUT2D eigenvalue weighted by Gasteiger charge is 2.32. The zero-order valence-electron chi connectivity index (χ0n) is 13.1. The smallest absolute Gasteiger partial charge is 0.209 e. The summed E-state index contributed by atoms with van der Waals surface area (Å²) in [5.74, 6) is 0.856. The molecule has 0 spiro atoms. The molecule has 0 radical (unpaired) electrons. The monoisotopic (exact) mass is 303 g/mol. The van der Waals surface area contributed by atoms with Gasteiger partial charge in [0, 0.05) is 11.3 Å². The first kappa shape index (κ1) is 13.8. The lowest BCUT2D eigenvalue weighted by atomic mass is 9.93. The summed E-state index contributed by atoms with van der Waals surface area (Å²) in [6.45, 7) is 3.57. The van der Waals surface area contributed by atoms with Crippen LogP contribution >= 0.6 is 0 Å². The van der Waals surface area contributed by atoms with Gasteiger partial charge in [-0.2, -0.15) is 0 Å². The van der Waals surface area contributed by atoms with E-state index in [9.17, 15) is 4.79 Å².